The minimum absolute atomic E-state index is 0.128. The molecule has 40 heavy (non-hydrogen) atoms. The molecule has 0 atom stereocenters. The number of hydrogen-bond acceptors (Lipinski definition) is 5. The predicted octanol–water partition coefficient (Wildman–Crippen LogP) is 7.66. The molecule has 0 saturated carbocycles. The van der Waals surface area contributed by atoms with E-state index in [-0.39, 0.29) is 5.41 Å². The van der Waals surface area contributed by atoms with Crippen molar-refractivity contribution in [1.29, 1.82) is 0 Å². The Morgan fingerprint density at radius 1 is 0.875 bits per heavy atom. The van der Waals surface area contributed by atoms with Crippen LogP contribution < -0.4 is 5.32 Å². The van der Waals surface area contributed by atoms with E-state index in [1.54, 1.807) is 0 Å². The molecule has 0 saturated heterocycles. The van der Waals surface area contributed by atoms with Gasteiger partial charge >= 0.3 is 6.09 Å². The Hall–Kier alpha value is -4.78. The van der Waals surface area contributed by atoms with Crippen LogP contribution in [0.1, 0.15) is 32.8 Å². The molecule has 0 fully saturated rings. The van der Waals surface area contributed by atoms with Crippen molar-refractivity contribution in [3.05, 3.63) is 90.8 Å². The number of hydrogen-bond donors (Lipinski definition) is 2. The lowest BCUT2D eigenvalue weighted by atomic mass is 9.93. The molecular formula is C33H31N5O2. The summed E-state index contributed by atoms with van der Waals surface area (Å²) in [4.78, 5) is 21.4. The minimum atomic E-state index is -0.400. The maximum absolute atomic E-state index is 12.1. The molecule has 7 heteroatoms. The smallest absolute Gasteiger partial charge is 0.407 e. The molecule has 0 unspecified atom stereocenters. The van der Waals surface area contributed by atoms with Crippen molar-refractivity contribution in [3.63, 3.8) is 0 Å². The molecule has 0 aliphatic rings. The maximum atomic E-state index is 12.1. The number of aromatic amines is 1. The van der Waals surface area contributed by atoms with E-state index in [0.29, 0.717) is 13.2 Å². The Morgan fingerprint density at radius 3 is 2.48 bits per heavy atom. The Kier molecular flexibility index (Phi) is 6.64. The molecule has 3 heterocycles. The van der Waals surface area contributed by atoms with Crippen molar-refractivity contribution in [1.82, 2.24) is 25.5 Å². The number of pyridine rings is 2. The molecule has 0 bridgehead atoms. The fourth-order valence-corrected chi connectivity index (χ4v) is 4.78. The number of fused-ring (bicyclic) bond motifs is 4. The quantitative estimate of drug-likeness (QED) is 0.231. The van der Waals surface area contributed by atoms with Gasteiger partial charge in [0.25, 0.3) is 0 Å². The van der Waals surface area contributed by atoms with Crippen molar-refractivity contribution in [2.75, 3.05) is 6.61 Å². The summed E-state index contributed by atoms with van der Waals surface area (Å²) < 4.78 is 5.30. The van der Waals surface area contributed by atoms with E-state index in [9.17, 15) is 4.79 Å². The highest BCUT2D eigenvalue weighted by molar-refractivity contribution is 6.11. The predicted molar refractivity (Wildman–Crippen MR) is 160 cm³/mol. The number of amides is 1. The van der Waals surface area contributed by atoms with Crippen LogP contribution in [0.3, 0.4) is 0 Å². The first kappa shape index (κ1) is 25.5. The normalized spacial score (nSPS) is 11.8. The molecule has 3 aromatic carbocycles. The van der Waals surface area contributed by atoms with E-state index in [1.165, 1.54) is 0 Å². The lowest BCUT2D eigenvalue weighted by Gasteiger charge is -2.17. The summed E-state index contributed by atoms with van der Waals surface area (Å²) in [5, 5.41) is 13.8. The van der Waals surface area contributed by atoms with Crippen LogP contribution in [-0.4, -0.2) is 32.9 Å². The zero-order valence-corrected chi connectivity index (χ0v) is 22.9. The first-order valence-corrected chi connectivity index (χ1v) is 13.5. The van der Waals surface area contributed by atoms with Crippen molar-refractivity contribution in [2.24, 2.45) is 5.41 Å². The van der Waals surface area contributed by atoms with Crippen LogP contribution in [0.4, 0.5) is 4.79 Å². The van der Waals surface area contributed by atoms with Crippen LogP contribution in [0.2, 0.25) is 0 Å². The van der Waals surface area contributed by atoms with Crippen LogP contribution in [0.15, 0.2) is 85.2 Å². The molecule has 1 amide bonds. The van der Waals surface area contributed by atoms with Gasteiger partial charge in [0.15, 0.2) is 0 Å². The van der Waals surface area contributed by atoms with Crippen molar-refractivity contribution in [2.45, 2.75) is 33.7 Å². The largest absolute Gasteiger partial charge is 0.450 e. The number of carbonyl (C=O) groups excluding carboxylic acids is 1. The van der Waals surface area contributed by atoms with E-state index in [0.717, 1.165) is 67.1 Å². The van der Waals surface area contributed by atoms with Gasteiger partial charge < -0.3 is 10.1 Å². The number of benzene rings is 3. The first-order valence-electron chi connectivity index (χ1n) is 13.5. The third kappa shape index (κ3) is 5.36. The number of ether oxygens (including phenoxy) is 1. The molecule has 0 aliphatic heterocycles. The first-order chi connectivity index (χ1) is 19.3. The maximum Gasteiger partial charge on any atom is 0.407 e. The Morgan fingerprint density at radius 2 is 1.65 bits per heavy atom. The van der Waals surface area contributed by atoms with Crippen molar-refractivity contribution in [3.8, 4) is 22.4 Å². The standard InChI is InChI=1S/C33H31N5O2/c1-33(2,3)14-15-40-32(39)36-18-21-8-10-22(11-9-21)31-30-26-17-23(12-13-28(26)35-20-29(30)37-38-31)25-16-24-6-4-5-7-27(24)34-19-25/h4-13,16-17,19-20H,14-15,18H2,1-3H3,(H,36,39)(H,37,38). The van der Waals surface area contributed by atoms with E-state index in [1.807, 2.05) is 60.9 Å². The second-order valence-corrected chi connectivity index (χ2v) is 11.3. The van der Waals surface area contributed by atoms with E-state index in [4.69, 9.17) is 4.74 Å². The molecule has 0 radical (unpaired) electrons. The summed E-state index contributed by atoms with van der Waals surface area (Å²) in [5.74, 6) is 0. The Balaban J connectivity index is 1.26. The number of H-pyrrole nitrogens is 1. The van der Waals surface area contributed by atoms with Gasteiger partial charge in [0.2, 0.25) is 0 Å². The molecule has 3 aromatic heterocycles. The Labute approximate surface area is 232 Å². The summed E-state index contributed by atoms with van der Waals surface area (Å²) >= 11 is 0. The van der Waals surface area contributed by atoms with Crippen LogP contribution in [0.5, 0.6) is 0 Å². The lowest BCUT2D eigenvalue weighted by molar-refractivity contribution is 0.131. The molecule has 0 aliphatic carbocycles. The van der Waals surface area contributed by atoms with Crippen LogP contribution in [0.25, 0.3) is 55.1 Å². The van der Waals surface area contributed by atoms with E-state index >= 15 is 0 Å². The summed E-state index contributed by atoms with van der Waals surface area (Å²) in [5.41, 5.74) is 7.82. The topological polar surface area (TPSA) is 92.8 Å². The van der Waals surface area contributed by atoms with E-state index in [2.05, 4.69) is 70.5 Å². The number of nitrogens with zero attached hydrogens (tertiary/aromatic N) is 3. The summed E-state index contributed by atoms with van der Waals surface area (Å²) in [7, 11) is 0. The zero-order valence-electron chi connectivity index (χ0n) is 22.9. The van der Waals surface area contributed by atoms with Crippen molar-refractivity contribution >= 4 is 38.8 Å². The monoisotopic (exact) mass is 529 g/mol. The highest BCUT2D eigenvalue weighted by Crippen LogP contribution is 2.34. The highest BCUT2D eigenvalue weighted by atomic mass is 16.5. The molecule has 6 rings (SSSR count). The average molecular weight is 530 g/mol. The van der Waals surface area contributed by atoms with Crippen LogP contribution in [-0.2, 0) is 11.3 Å². The van der Waals surface area contributed by atoms with E-state index < -0.39 is 6.09 Å². The second-order valence-electron chi connectivity index (χ2n) is 11.3. The number of rotatable bonds is 6. The number of para-hydroxylation sites is 1. The molecule has 0 spiro atoms. The zero-order chi connectivity index (χ0) is 27.7. The van der Waals surface area contributed by atoms with Crippen LogP contribution >= 0.6 is 0 Å². The molecular weight excluding hydrogens is 498 g/mol. The molecule has 7 nitrogen and oxygen atoms in total. The summed E-state index contributed by atoms with van der Waals surface area (Å²) in [6.45, 7) is 7.17. The van der Waals surface area contributed by atoms with Crippen molar-refractivity contribution < 1.29 is 9.53 Å². The van der Waals surface area contributed by atoms with Gasteiger partial charge in [-0.15, -0.1) is 0 Å². The number of aromatic nitrogens is 4. The third-order valence-electron chi connectivity index (χ3n) is 7.07. The number of alkyl carbamates (subject to hydrolysis) is 1. The Bertz CT molecular complexity index is 1830. The van der Waals surface area contributed by atoms with Gasteiger partial charge in [0.05, 0.1) is 29.4 Å². The summed E-state index contributed by atoms with van der Waals surface area (Å²) in [6, 6.07) is 24.7. The minimum Gasteiger partial charge on any atom is -0.450 e. The van der Waals surface area contributed by atoms with Gasteiger partial charge in [0.1, 0.15) is 5.69 Å². The van der Waals surface area contributed by atoms with Gasteiger partial charge in [-0.2, -0.15) is 5.10 Å². The second kappa shape index (κ2) is 10.4. The third-order valence-corrected chi connectivity index (χ3v) is 7.07. The van der Waals surface area contributed by atoms with Gasteiger partial charge in [-0.25, -0.2) is 4.79 Å². The fraction of sp³-hybridized carbons (Fsp3) is 0.212. The lowest BCUT2D eigenvalue weighted by Crippen LogP contribution is -2.25. The SMILES string of the molecule is CC(C)(C)CCOC(=O)NCc1ccc(-c2n[nH]c3cnc4ccc(-c5cnc6ccccc6c5)cc4c23)cc1. The van der Waals surface area contributed by atoms with Gasteiger partial charge in [-0.05, 0) is 47.2 Å². The number of nitrogens with one attached hydrogen (secondary N) is 2. The summed E-state index contributed by atoms with van der Waals surface area (Å²) in [6.07, 6.45) is 4.16. The van der Waals surface area contributed by atoms with Gasteiger partial charge in [-0.3, -0.25) is 15.1 Å². The fourth-order valence-electron chi connectivity index (χ4n) is 4.78. The molecule has 2 N–H and O–H groups in total. The molecule has 6 aromatic rings. The van der Waals surface area contributed by atoms with Crippen LogP contribution in [0, 0.1) is 5.41 Å². The van der Waals surface area contributed by atoms with Gasteiger partial charge in [-0.1, -0.05) is 69.3 Å². The van der Waals surface area contributed by atoms with Gasteiger partial charge in [0, 0.05) is 40.0 Å². The molecule has 200 valence electrons. The highest BCUT2D eigenvalue weighted by Gasteiger charge is 2.15. The number of carbonyl (C=O) groups is 1. The average Bonchev–Trinajstić information content (AvgIpc) is 3.40.